The lowest BCUT2D eigenvalue weighted by Crippen LogP contribution is -2.45. The predicted octanol–water partition coefficient (Wildman–Crippen LogP) is 11.8. The van der Waals surface area contributed by atoms with E-state index in [1.807, 2.05) is 6.08 Å². The Labute approximate surface area is 299 Å². The summed E-state index contributed by atoms with van der Waals surface area (Å²) in [5, 5.41) is 33.2. The molecule has 0 spiro atoms. The summed E-state index contributed by atoms with van der Waals surface area (Å²) in [6.45, 7) is 4.20. The van der Waals surface area contributed by atoms with Crippen molar-refractivity contribution in [1.29, 1.82) is 0 Å². The molecular formula is C43H83NO4. The Bertz CT molecular complexity index is 709. The average molecular weight is 678 g/mol. The lowest BCUT2D eigenvalue weighted by atomic mass is 10.0. The summed E-state index contributed by atoms with van der Waals surface area (Å²) in [5.41, 5.74) is 0. The van der Waals surface area contributed by atoms with Crippen LogP contribution in [0.1, 0.15) is 219 Å². The minimum absolute atomic E-state index is 0.00952. The van der Waals surface area contributed by atoms with Gasteiger partial charge in [-0.25, -0.2) is 0 Å². The van der Waals surface area contributed by atoms with Crippen LogP contribution in [-0.4, -0.2) is 46.1 Å². The van der Waals surface area contributed by atoms with Gasteiger partial charge in [0.1, 0.15) is 0 Å². The van der Waals surface area contributed by atoms with Gasteiger partial charge in [0.25, 0.3) is 0 Å². The maximum Gasteiger partial charge on any atom is 0.222 e. The van der Waals surface area contributed by atoms with Crippen molar-refractivity contribution in [1.82, 2.24) is 5.32 Å². The van der Waals surface area contributed by atoms with E-state index in [4.69, 9.17) is 0 Å². The summed E-state index contributed by atoms with van der Waals surface area (Å²) in [6.07, 6.45) is 46.0. The molecule has 0 aromatic carbocycles. The Balaban J connectivity index is 3.71. The summed E-state index contributed by atoms with van der Waals surface area (Å²) in [4.78, 5) is 12.4. The highest BCUT2D eigenvalue weighted by molar-refractivity contribution is 5.76. The molecule has 0 fully saturated rings. The number of unbranched alkanes of at least 4 members (excludes halogenated alkanes) is 27. The van der Waals surface area contributed by atoms with Crippen LogP contribution in [0.4, 0.5) is 0 Å². The van der Waals surface area contributed by atoms with E-state index in [0.29, 0.717) is 6.42 Å². The van der Waals surface area contributed by atoms with Gasteiger partial charge in [-0.05, 0) is 32.1 Å². The normalized spacial score (nSPS) is 13.9. The summed E-state index contributed by atoms with van der Waals surface area (Å²) in [7, 11) is 0. The van der Waals surface area contributed by atoms with Crippen LogP contribution in [0.5, 0.6) is 0 Å². The standard InChI is InChI=1S/C43H83NO4/c1-3-5-7-9-11-13-15-17-19-21-23-25-27-29-31-33-35-37-42(47)41(39-45)44-43(48)38-40(46)36-34-32-30-28-26-24-22-20-18-16-14-12-10-8-6-4-2/h27,29,35,37,40-42,45-47H,3-26,28,30-34,36,38-39H2,1-2H3,(H,44,48)/b29-27+,37-35+. The molecule has 48 heavy (non-hydrogen) atoms. The van der Waals surface area contributed by atoms with Crippen molar-refractivity contribution in [3.8, 4) is 0 Å². The number of nitrogens with one attached hydrogen (secondary N) is 1. The van der Waals surface area contributed by atoms with E-state index >= 15 is 0 Å². The number of amides is 1. The second-order valence-electron chi connectivity index (χ2n) is 14.6. The smallest absolute Gasteiger partial charge is 0.222 e. The van der Waals surface area contributed by atoms with Gasteiger partial charge in [-0.2, -0.15) is 0 Å². The second kappa shape index (κ2) is 38.6. The van der Waals surface area contributed by atoms with Gasteiger partial charge in [-0.3, -0.25) is 4.79 Å². The number of aliphatic hydroxyl groups is 3. The maximum absolute atomic E-state index is 12.4. The fourth-order valence-electron chi connectivity index (χ4n) is 6.47. The zero-order valence-electron chi connectivity index (χ0n) is 32.1. The van der Waals surface area contributed by atoms with Crippen LogP contribution in [0.25, 0.3) is 0 Å². The van der Waals surface area contributed by atoms with Crippen molar-refractivity contribution >= 4 is 5.91 Å². The zero-order chi connectivity index (χ0) is 35.2. The highest BCUT2D eigenvalue weighted by atomic mass is 16.3. The Morgan fingerprint density at radius 1 is 0.521 bits per heavy atom. The molecule has 0 aromatic heterocycles. The molecule has 0 radical (unpaired) electrons. The zero-order valence-corrected chi connectivity index (χ0v) is 32.1. The van der Waals surface area contributed by atoms with Crippen LogP contribution in [0.15, 0.2) is 24.3 Å². The number of rotatable bonds is 38. The Morgan fingerprint density at radius 3 is 1.33 bits per heavy atom. The number of carbonyl (C=O) groups excluding carboxylic acids is 1. The number of carbonyl (C=O) groups is 1. The molecule has 0 rings (SSSR count). The van der Waals surface area contributed by atoms with E-state index in [1.165, 1.54) is 161 Å². The minimum atomic E-state index is -0.947. The fraction of sp³-hybridized carbons (Fsp3) is 0.884. The molecule has 3 unspecified atom stereocenters. The van der Waals surface area contributed by atoms with Crippen LogP contribution in [0, 0.1) is 0 Å². The summed E-state index contributed by atoms with van der Waals surface area (Å²) in [6, 6.07) is -0.756. The first-order valence-electron chi connectivity index (χ1n) is 21.1. The predicted molar refractivity (Wildman–Crippen MR) is 208 cm³/mol. The number of hydrogen-bond donors (Lipinski definition) is 4. The Kier molecular flexibility index (Phi) is 37.7. The van der Waals surface area contributed by atoms with Gasteiger partial charge in [0, 0.05) is 0 Å². The van der Waals surface area contributed by atoms with Gasteiger partial charge in [0.05, 0.1) is 31.3 Å². The molecule has 0 aliphatic heterocycles. The molecule has 0 aromatic rings. The van der Waals surface area contributed by atoms with E-state index in [2.05, 4.69) is 31.3 Å². The first-order chi connectivity index (χ1) is 23.5. The third kappa shape index (κ3) is 34.7. The van der Waals surface area contributed by atoms with Crippen molar-refractivity contribution in [2.24, 2.45) is 0 Å². The number of aliphatic hydroxyl groups excluding tert-OH is 3. The van der Waals surface area contributed by atoms with Crippen LogP contribution in [0.3, 0.4) is 0 Å². The van der Waals surface area contributed by atoms with Gasteiger partial charge in [-0.1, -0.05) is 205 Å². The largest absolute Gasteiger partial charge is 0.394 e. The fourth-order valence-corrected chi connectivity index (χ4v) is 6.47. The topological polar surface area (TPSA) is 89.8 Å². The second-order valence-corrected chi connectivity index (χ2v) is 14.6. The molecule has 284 valence electrons. The number of allylic oxidation sites excluding steroid dienone is 3. The molecule has 5 heteroatoms. The van der Waals surface area contributed by atoms with E-state index in [-0.39, 0.29) is 18.9 Å². The van der Waals surface area contributed by atoms with Gasteiger partial charge in [-0.15, -0.1) is 0 Å². The molecule has 3 atom stereocenters. The van der Waals surface area contributed by atoms with Crippen molar-refractivity contribution in [2.75, 3.05) is 6.61 Å². The third-order valence-corrected chi connectivity index (χ3v) is 9.74. The van der Waals surface area contributed by atoms with Gasteiger partial charge in [0.2, 0.25) is 5.91 Å². The highest BCUT2D eigenvalue weighted by Gasteiger charge is 2.20. The summed E-state index contributed by atoms with van der Waals surface area (Å²) >= 11 is 0. The molecule has 4 N–H and O–H groups in total. The molecule has 1 amide bonds. The van der Waals surface area contributed by atoms with Crippen LogP contribution >= 0.6 is 0 Å². The van der Waals surface area contributed by atoms with Gasteiger partial charge >= 0.3 is 0 Å². The monoisotopic (exact) mass is 678 g/mol. The van der Waals surface area contributed by atoms with E-state index in [9.17, 15) is 20.1 Å². The lowest BCUT2D eigenvalue weighted by molar-refractivity contribution is -0.124. The summed E-state index contributed by atoms with van der Waals surface area (Å²) < 4.78 is 0. The van der Waals surface area contributed by atoms with Crippen molar-refractivity contribution in [2.45, 2.75) is 238 Å². The highest BCUT2D eigenvalue weighted by Crippen LogP contribution is 2.15. The third-order valence-electron chi connectivity index (χ3n) is 9.74. The van der Waals surface area contributed by atoms with Crippen molar-refractivity contribution in [3.05, 3.63) is 24.3 Å². The quantitative estimate of drug-likeness (QED) is 0.0387. The number of hydrogen-bond acceptors (Lipinski definition) is 4. The lowest BCUT2D eigenvalue weighted by Gasteiger charge is -2.21. The minimum Gasteiger partial charge on any atom is -0.394 e. The molecule has 5 nitrogen and oxygen atoms in total. The van der Waals surface area contributed by atoms with Gasteiger partial charge < -0.3 is 20.6 Å². The average Bonchev–Trinajstić information content (AvgIpc) is 3.08. The van der Waals surface area contributed by atoms with E-state index < -0.39 is 18.2 Å². The van der Waals surface area contributed by atoms with Crippen molar-refractivity contribution < 1.29 is 20.1 Å². The maximum atomic E-state index is 12.4. The molecule has 0 bridgehead atoms. The summed E-state index contributed by atoms with van der Waals surface area (Å²) in [5.74, 6) is -0.323. The Morgan fingerprint density at radius 2 is 0.896 bits per heavy atom. The first kappa shape index (κ1) is 46.8. The van der Waals surface area contributed by atoms with Crippen LogP contribution < -0.4 is 5.32 Å². The molecule has 0 aliphatic carbocycles. The van der Waals surface area contributed by atoms with Crippen molar-refractivity contribution in [3.63, 3.8) is 0 Å². The first-order valence-corrected chi connectivity index (χ1v) is 21.1. The Hall–Kier alpha value is -1.17. The van der Waals surface area contributed by atoms with E-state index in [0.717, 1.165) is 32.1 Å². The molecule has 0 saturated carbocycles. The van der Waals surface area contributed by atoms with Gasteiger partial charge in [0.15, 0.2) is 0 Å². The SMILES string of the molecule is CCCCCCCCCCCCC/C=C/CC/C=C/C(O)C(CO)NC(=O)CC(O)CCCCCCCCCCCCCCCCCC. The molecular weight excluding hydrogens is 594 g/mol. The molecule has 0 heterocycles. The molecule has 0 saturated heterocycles. The van der Waals surface area contributed by atoms with E-state index in [1.54, 1.807) is 6.08 Å². The van der Waals surface area contributed by atoms with Crippen LogP contribution in [-0.2, 0) is 4.79 Å². The van der Waals surface area contributed by atoms with Crippen LogP contribution in [0.2, 0.25) is 0 Å². The molecule has 0 aliphatic rings.